The molecule has 2 aromatic carbocycles. The van der Waals surface area contributed by atoms with Gasteiger partial charge in [-0.15, -0.1) is 0 Å². The van der Waals surface area contributed by atoms with Gasteiger partial charge in [-0.05, 0) is 24.3 Å². The van der Waals surface area contributed by atoms with E-state index in [2.05, 4.69) is 15.9 Å². The van der Waals surface area contributed by atoms with E-state index >= 15 is 0 Å². The first kappa shape index (κ1) is 13.8. The van der Waals surface area contributed by atoms with Crippen LogP contribution in [0.2, 0.25) is 15.1 Å². The van der Waals surface area contributed by atoms with E-state index in [9.17, 15) is 0 Å². The van der Waals surface area contributed by atoms with Crippen molar-refractivity contribution in [3.05, 3.63) is 49.9 Å². The second-order valence-electron chi connectivity index (χ2n) is 3.48. The van der Waals surface area contributed by atoms with E-state index in [0.29, 0.717) is 32.3 Å². The van der Waals surface area contributed by atoms with Gasteiger partial charge in [-0.1, -0.05) is 50.7 Å². The van der Waals surface area contributed by atoms with E-state index in [1.54, 1.807) is 18.2 Å². The smallest absolute Gasteiger partial charge is 0.151 e. The van der Waals surface area contributed by atoms with Crippen molar-refractivity contribution in [2.24, 2.45) is 0 Å². The lowest BCUT2D eigenvalue weighted by Gasteiger charge is -2.11. The Hall–Kier alpha value is -0.610. The topological polar surface area (TPSA) is 35.2 Å². The van der Waals surface area contributed by atoms with Crippen molar-refractivity contribution in [3.8, 4) is 11.5 Å². The van der Waals surface area contributed by atoms with E-state index in [1.807, 2.05) is 6.07 Å². The molecule has 6 heteroatoms. The molecule has 0 radical (unpaired) electrons. The Labute approximate surface area is 128 Å². The number of nitrogen functional groups attached to an aromatic ring is 1. The summed E-state index contributed by atoms with van der Waals surface area (Å²) in [6, 6.07) is 8.36. The first-order chi connectivity index (χ1) is 8.47. The third-order valence-corrected chi connectivity index (χ3v) is 3.68. The number of hydrogen-bond acceptors (Lipinski definition) is 2. The standard InChI is InChI=1S/C12H7BrCl3NO/c13-6-1-2-11(9(16)3-6)18-12-5-8(15)7(14)4-10(12)17/h1-5H,17H2. The van der Waals surface area contributed by atoms with Crippen molar-refractivity contribution in [2.45, 2.75) is 0 Å². The average Bonchev–Trinajstić information content (AvgIpc) is 2.29. The highest BCUT2D eigenvalue weighted by Crippen LogP contribution is 2.37. The van der Waals surface area contributed by atoms with Crippen LogP contribution in [0.4, 0.5) is 5.69 Å². The minimum atomic E-state index is 0.370. The molecule has 2 rings (SSSR count). The fourth-order valence-electron chi connectivity index (χ4n) is 1.31. The average molecular weight is 367 g/mol. The van der Waals surface area contributed by atoms with Crippen molar-refractivity contribution in [2.75, 3.05) is 5.73 Å². The lowest BCUT2D eigenvalue weighted by Crippen LogP contribution is -1.93. The predicted octanol–water partition coefficient (Wildman–Crippen LogP) is 5.78. The van der Waals surface area contributed by atoms with E-state index in [-0.39, 0.29) is 0 Å². The van der Waals surface area contributed by atoms with Gasteiger partial charge in [0.25, 0.3) is 0 Å². The quantitative estimate of drug-likeness (QED) is 0.683. The molecule has 0 saturated carbocycles. The number of halogens is 4. The molecule has 2 aromatic rings. The van der Waals surface area contributed by atoms with Gasteiger partial charge >= 0.3 is 0 Å². The van der Waals surface area contributed by atoms with Crippen LogP contribution in [0.3, 0.4) is 0 Å². The van der Waals surface area contributed by atoms with Gasteiger partial charge in [0.1, 0.15) is 5.75 Å². The van der Waals surface area contributed by atoms with E-state index in [4.69, 9.17) is 45.3 Å². The number of benzene rings is 2. The summed E-state index contributed by atoms with van der Waals surface area (Å²) >= 11 is 21.1. The molecule has 0 aromatic heterocycles. The number of nitrogens with two attached hydrogens (primary N) is 1. The molecule has 0 atom stereocenters. The van der Waals surface area contributed by atoms with Gasteiger partial charge in [0.05, 0.1) is 20.8 Å². The van der Waals surface area contributed by atoms with Crippen molar-refractivity contribution in [3.63, 3.8) is 0 Å². The Kier molecular flexibility index (Phi) is 4.28. The fraction of sp³-hybridized carbons (Fsp3) is 0. The summed E-state index contributed by atoms with van der Waals surface area (Å²) in [6.45, 7) is 0. The zero-order valence-corrected chi connectivity index (χ0v) is 12.7. The molecule has 0 fully saturated rings. The Morgan fingerprint density at radius 3 is 2.22 bits per heavy atom. The summed E-state index contributed by atoms with van der Waals surface area (Å²) in [6.07, 6.45) is 0. The zero-order valence-electron chi connectivity index (χ0n) is 8.88. The van der Waals surface area contributed by atoms with Gasteiger partial charge in [-0.2, -0.15) is 0 Å². The predicted molar refractivity (Wildman–Crippen MR) is 80.1 cm³/mol. The van der Waals surface area contributed by atoms with Crippen LogP contribution in [0.15, 0.2) is 34.8 Å². The summed E-state index contributed by atoms with van der Waals surface area (Å²) in [7, 11) is 0. The van der Waals surface area contributed by atoms with Crippen molar-refractivity contribution in [1.29, 1.82) is 0 Å². The third-order valence-electron chi connectivity index (χ3n) is 2.17. The number of ether oxygens (including phenoxy) is 1. The first-order valence-corrected chi connectivity index (χ1v) is 6.77. The fourth-order valence-corrected chi connectivity index (χ4v) is 2.35. The molecule has 2 N–H and O–H groups in total. The molecule has 94 valence electrons. The van der Waals surface area contributed by atoms with Crippen LogP contribution in [0.5, 0.6) is 11.5 Å². The zero-order chi connectivity index (χ0) is 13.3. The molecule has 0 aliphatic heterocycles. The molecule has 0 amide bonds. The Bertz CT molecular complexity index is 604. The van der Waals surface area contributed by atoms with E-state index < -0.39 is 0 Å². The summed E-state index contributed by atoms with van der Waals surface area (Å²) < 4.78 is 6.47. The van der Waals surface area contributed by atoms with Gasteiger partial charge in [0.15, 0.2) is 5.75 Å². The molecule has 0 saturated heterocycles. The summed E-state index contributed by atoms with van der Waals surface area (Å²) in [5.41, 5.74) is 6.19. The Morgan fingerprint density at radius 1 is 0.889 bits per heavy atom. The van der Waals surface area contributed by atoms with Crippen LogP contribution in [0.25, 0.3) is 0 Å². The maximum atomic E-state index is 6.05. The molecular weight excluding hydrogens is 360 g/mol. The minimum absolute atomic E-state index is 0.370. The van der Waals surface area contributed by atoms with Crippen LogP contribution >= 0.6 is 50.7 Å². The maximum Gasteiger partial charge on any atom is 0.151 e. The van der Waals surface area contributed by atoms with Crippen LogP contribution in [0, 0.1) is 0 Å². The summed E-state index contributed by atoms with van der Waals surface area (Å²) in [5.74, 6) is 0.901. The molecule has 0 aliphatic carbocycles. The molecular formula is C12H7BrCl3NO. The van der Waals surface area contributed by atoms with Crippen molar-refractivity contribution >= 4 is 56.4 Å². The summed E-state index contributed by atoms with van der Waals surface area (Å²) in [5, 5.41) is 1.22. The van der Waals surface area contributed by atoms with E-state index in [0.717, 1.165) is 4.47 Å². The van der Waals surface area contributed by atoms with Crippen LogP contribution in [0.1, 0.15) is 0 Å². The highest BCUT2D eigenvalue weighted by Gasteiger charge is 2.09. The molecule has 0 bridgehead atoms. The van der Waals surface area contributed by atoms with Gasteiger partial charge in [0, 0.05) is 10.5 Å². The van der Waals surface area contributed by atoms with Crippen LogP contribution in [-0.4, -0.2) is 0 Å². The SMILES string of the molecule is Nc1cc(Cl)c(Cl)cc1Oc1ccc(Br)cc1Cl. The van der Waals surface area contributed by atoms with Gasteiger partial charge in [-0.3, -0.25) is 0 Å². The molecule has 2 nitrogen and oxygen atoms in total. The molecule has 0 aliphatic rings. The van der Waals surface area contributed by atoms with Gasteiger partial charge in [-0.25, -0.2) is 0 Å². The molecule has 0 unspecified atom stereocenters. The first-order valence-electron chi connectivity index (χ1n) is 4.85. The highest BCUT2D eigenvalue weighted by molar-refractivity contribution is 9.10. The Morgan fingerprint density at radius 2 is 1.56 bits per heavy atom. The lowest BCUT2D eigenvalue weighted by molar-refractivity contribution is 0.485. The molecule has 0 heterocycles. The normalized spacial score (nSPS) is 10.4. The van der Waals surface area contributed by atoms with Crippen LogP contribution < -0.4 is 10.5 Å². The van der Waals surface area contributed by atoms with Gasteiger partial charge in [0.2, 0.25) is 0 Å². The van der Waals surface area contributed by atoms with Crippen molar-refractivity contribution in [1.82, 2.24) is 0 Å². The van der Waals surface area contributed by atoms with E-state index in [1.165, 1.54) is 6.07 Å². The maximum absolute atomic E-state index is 6.05. The Balaban J connectivity index is 2.37. The largest absolute Gasteiger partial charge is 0.454 e. The number of hydrogen-bond donors (Lipinski definition) is 1. The monoisotopic (exact) mass is 365 g/mol. The number of anilines is 1. The third kappa shape index (κ3) is 3.04. The molecule has 0 spiro atoms. The van der Waals surface area contributed by atoms with Crippen molar-refractivity contribution < 1.29 is 4.74 Å². The van der Waals surface area contributed by atoms with Gasteiger partial charge < -0.3 is 10.5 Å². The molecule has 18 heavy (non-hydrogen) atoms. The minimum Gasteiger partial charge on any atom is -0.454 e. The highest BCUT2D eigenvalue weighted by atomic mass is 79.9. The number of rotatable bonds is 2. The second-order valence-corrected chi connectivity index (χ2v) is 5.62. The lowest BCUT2D eigenvalue weighted by atomic mass is 10.3. The summed E-state index contributed by atoms with van der Waals surface area (Å²) in [4.78, 5) is 0. The van der Waals surface area contributed by atoms with Crippen LogP contribution in [-0.2, 0) is 0 Å². The second kappa shape index (κ2) is 5.57.